The number of hydrogen-bond donors (Lipinski definition) is 0. The van der Waals surface area contributed by atoms with Crippen LogP contribution in [0.25, 0.3) is 16.7 Å². The Bertz CT molecular complexity index is 848. The van der Waals surface area contributed by atoms with Gasteiger partial charge in [-0.2, -0.15) is 5.26 Å². The molecule has 0 saturated carbocycles. The standard InChI is InChI=1S/C16H11BrClN3/c17-12-4-5-14-15(9-12)21(16(20-14)6-7-18)13-3-1-2-11(8-13)10-19/h1-5,8-9H,6-7H2. The van der Waals surface area contributed by atoms with Crippen LogP contribution in [0.5, 0.6) is 0 Å². The van der Waals surface area contributed by atoms with Crippen molar-refractivity contribution >= 4 is 38.6 Å². The summed E-state index contributed by atoms with van der Waals surface area (Å²) < 4.78 is 3.05. The summed E-state index contributed by atoms with van der Waals surface area (Å²) in [6.07, 6.45) is 0.671. The molecule has 21 heavy (non-hydrogen) atoms. The first-order valence-corrected chi connectivity index (χ1v) is 7.79. The topological polar surface area (TPSA) is 41.6 Å². The highest BCUT2D eigenvalue weighted by Gasteiger charge is 2.12. The number of hydrogen-bond acceptors (Lipinski definition) is 2. The fourth-order valence-corrected chi connectivity index (χ4v) is 2.87. The summed E-state index contributed by atoms with van der Waals surface area (Å²) in [7, 11) is 0. The largest absolute Gasteiger partial charge is 0.296 e. The number of alkyl halides is 1. The Balaban J connectivity index is 2.30. The zero-order valence-electron chi connectivity index (χ0n) is 11.1. The lowest BCUT2D eigenvalue weighted by atomic mass is 10.2. The van der Waals surface area contributed by atoms with E-state index in [0.717, 1.165) is 27.0 Å². The van der Waals surface area contributed by atoms with Gasteiger partial charge in [0.15, 0.2) is 0 Å². The van der Waals surface area contributed by atoms with Gasteiger partial charge in [-0.3, -0.25) is 4.57 Å². The van der Waals surface area contributed by atoms with E-state index < -0.39 is 0 Å². The zero-order valence-corrected chi connectivity index (χ0v) is 13.4. The third-order valence-corrected chi connectivity index (χ3v) is 3.92. The molecule has 3 nitrogen and oxygen atoms in total. The van der Waals surface area contributed by atoms with Crippen molar-refractivity contribution < 1.29 is 0 Å². The SMILES string of the molecule is N#Cc1cccc(-n2c(CCCl)nc3ccc(Br)cc32)c1. The summed E-state index contributed by atoms with van der Waals surface area (Å²) >= 11 is 9.39. The van der Waals surface area contributed by atoms with Gasteiger partial charge in [-0.15, -0.1) is 11.6 Å². The van der Waals surface area contributed by atoms with Crippen molar-refractivity contribution in [2.24, 2.45) is 0 Å². The molecular formula is C16H11BrClN3. The maximum atomic E-state index is 9.09. The van der Waals surface area contributed by atoms with Crippen LogP contribution in [0.1, 0.15) is 11.4 Å². The number of rotatable bonds is 3. The van der Waals surface area contributed by atoms with Gasteiger partial charge in [-0.25, -0.2) is 4.98 Å². The van der Waals surface area contributed by atoms with Gasteiger partial charge in [-0.1, -0.05) is 22.0 Å². The van der Waals surface area contributed by atoms with Crippen LogP contribution in [0.15, 0.2) is 46.9 Å². The van der Waals surface area contributed by atoms with Crippen molar-refractivity contribution in [1.82, 2.24) is 9.55 Å². The van der Waals surface area contributed by atoms with Crippen molar-refractivity contribution in [1.29, 1.82) is 5.26 Å². The van der Waals surface area contributed by atoms with Crippen molar-refractivity contribution in [2.45, 2.75) is 6.42 Å². The minimum Gasteiger partial charge on any atom is -0.296 e. The number of nitriles is 1. The van der Waals surface area contributed by atoms with Gasteiger partial charge in [0.1, 0.15) is 5.82 Å². The molecule has 0 N–H and O–H groups in total. The predicted octanol–water partition coefficient (Wildman–Crippen LogP) is 4.44. The molecule has 0 aliphatic carbocycles. The molecule has 0 amide bonds. The molecule has 0 atom stereocenters. The Hall–Kier alpha value is -1.83. The van der Waals surface area contributed by atoms with Gasteiger partial charge in [0, 0.05) is 22.5 Å². The maximum absolute atomic E-state index is 9.09. The molecule has 3 rings (SSSR count). The lowest BCUT2D eigenvalue weighted by Gasteiger charge is -2.09. The second kappa shape index (κ2) is 5.88. The second-order valence-electron chi connectivity index (χ2n) is 4.60. The minimum absolute atomic E-state index is 0.502. The van der Waals surface area contributed by atoms with Crippen LogP contribution in [-0.2, 0) is 6.42 Å². The summed E-state index contributed by atoms with van der Waals surface area (Å²) in [5, 5.41) is 9.09. The van der Waals surface area contributed by atoms with Crippen LogP contribution in [0.3, 0.4) is 0 Å². The van der Waals surface area contributed by atoms with E-state index in [1.165, 1.54) is 0 Å². The van der Waals surface area contributed by atoms with Gasteiger partial charge in [0.2, 0.25) is 0 Å². The Labute approximate surface area is 135 Å². The van der Waals surface area contributed by atoms with Crippen molar-refractivity contribution in [3.8, 4) is 11.8 Å². The molecule has 104 valence electrons. The predicted molar refractivity (Wildman–Crippen MR) is 87.9 cm³/mol. The molecule has 0 saturated heterocycles. The molecule has 0 spiro atoms. The summed E-state index contributed by atoms with van der Waals surface area (Å²) in [6.45, 7) is 0. The van der Waals surface area contributed by atoms with Gasteiger partial charge in [0.05, 0.1) is 22.7 Å². The average molecular weight is 361 g/mol. The maximum Gasteiger partial charge on any atom is 0.115 e. The molecule has 0 fully saturated rings. The van der Waals surface area contributed by atoms with E-state index in [2.05, 4.69) is 31.6 Å². The van der Waals surface area contributed by atoms with Gasteiger partial charge in [-0.05, 0) is 36.4 Å². The molecule has 1 heterocycles. The van der Waals surface area contributed by atoms with E-state index in [1.807, 2.05) is 36.4 Å². The summed E-state index contributed by atoms with van der Waals surface area (Å²) in [6, 6.07) is 15.6. The van der Waals surface area contributed by atoms with Crippen LogP contribution < -0.4 is 0 Å². The Kier molecular flexibility index (Phi) is 3.96. The highest BCUT2D eigenvalue weighted by molar-refractivity contribution is 9.10. The number of imidazole rings is 1. The first-order valence-electron chi connectivity index (χ1n) is 6.46. The number of aryl methyl sites for hydroxylation is 1. The Morgan fingerprint density at radius 3 is 2.86 bits per heavy atom. The Morgan fingerprint density at radius 1 is 1.24 bits per heavy atom. The molecule has 3 aromatic rings. The van der Waals surface area contributed by atoms with Gasteiger partial charge in [0.25, 0.3) is 0 Å². The normalized spacial score (nSPS) is 10.7. The smallest absolute Gasteiger partial charge is 0.115 e. The van der Waals surface area contributed by atoms with E-state index in [4.69, 9.17) is 16.9 Å². The van der Waals surface area contributed by atoms with E-state index in [1.54, 1.807) is 6.07 Å². The number of halogens is 2. The third-order valence-electron chi connectivity index (χ3n) is 3.24. The van der Waals surface area contributed by atoms with Crippen molar-refractivity contribution in [2.75, 3.05) is 5.88 Å². The average Bonchev–Trinajstić information content (AvgIpc) is 2.85. The van der Waals surface area contributed by atoms with E-state index in [-0.39, 0.29) is 0 Å². The zero-order chi connectivity index (χ0) is 14.8. The van der Waals surface area contributed by atoms with Gasteiger partial charge < -0.3 is 0 Å². The quantitative estimate of drug-likeness (QED) is 0.648. The molecule has 0 unspecified atom stereocenters. The molecule has 1 aromatic heterocycles. The van der Waals surface area contributed by atoms with E-state index in [9.17, 15) is 0 Å². The molecule has 0 bridgehead atoms. The molecule has 0 radical (unpaired) electrons. The highest BCUT2D eigenvalue weighted by Crippen LogP contribution is 2.25. The van der Waals surface area contributed by atoms with Crippen LogP contribution in [0.2, 0.25) is 0 Å². The van der Waals surface area contributed by atoms with Crippen LogP contribution >= 0.6 is 27.5 Å². The minimum atomic E-state index is 0.502. The lowest BCUT2D eigenvalue weighted by molar-refractivity contribution is 0.912. The molecular weight excluding hydrogens is 350 g/mol. The lowest BCUT2D eigenvalue weighted by Crippen LogP contribution is -2.02. The van der Waals surface area contributed by atoms with Crippen LogP contribution in [-0.4, -0.2) is 15.4 Å². The summed E-state index contributed by atoms with van der Waals surface area (Å²) in [5.41, 5.74) is 3.47. The van der Waals surface area contributed by atoms with E-state index in [0.29, 0.717) is 17.9 Å². The number of aromatic nitrogens is 2. The monoisotopic (exact) mass is 359 g/mol. The Morgan fingerprint density at radius 2 is 2.10 bits per heavy atom. The molecule has 2 aromatic carbocycles. The van der Waals surface area contributed by atoms with Crippen LogP contribution in [0.4, 0.5) is 0 Å². The van der Waals surface area contributed by atoms with Gasteiger partial charge >= 0.3 is 0 Å². The summed E-state index contributed by atoms with van der Waals surface area (Å²) in [4.78, 5) is 4.65. The van der Waals surface area contributed by atoms with Crippen LogP contribution in [0, 0.1) is 11.3 Å². The first-order chi connectivity index (χ1) is 10.2. The fraction of sp³-hybridized carbons (Fsp3) is 0.125. The number of nitrogens with zero attached hydrogens (tertiary/aromatic N) is 3. The molecule has 5 heteroatoms. The third kappa shape index (κ3) is 2.67. The summed E-state index contributed by atoms with van der Waals surface area (Å²) in [5.74, 6) is 1.40. The first kappa shape index (κ1) is 14.1. The fourth-order valence-electron chi connectivity index (χ4n) is 2.35. The number of benzene rings is 2. The second-order valence-corrected chi connectivity index (χ2v) is 5.89. The molecule has 0 aliphatic heterocycles. The number of fused-ring (bicyclic) bond motifs is 1. The van der Waals surface area contributed by atoms with Crippen molar-refractivity contribution in [3.05, 3.63) is 58.3 Å². The molecule has 0 aliphatic rings. The van der Waals surface area contributed by atoms with E-state index >= 15 is 0 Å². The highest BCUT2D eigenvalue weighted by atomic mass is 79.9. The van der Waals surface area contributed by atoms with Crippen molar-refractivity contribution in [3.63, 3.8) is 0 Å².